The van der Waals surface area contributed by atoms with Crippen LogP contribution in [0.1, 0.15) is 12.7 Å². The molecule has 55 heavy (non-hydrogen) atoms. The lowest BCUT2D eigenvalue weighted by Crippen LogP contribution is -1.99. The highest BCUT2D eigenvalue weighted by atomic mass is 15.1. The standard InChI is InChI=1S/C50H35N5/c1-2-46-54-49-45(55(46)39-21-10-5-11-22-39)30-29-41-40-23-12-13-24-42(40)51-48(47(41)49)35-27-25-34(26-28-35)43-32-44(53-50(52-43)36-17-8-4-9-18-36)38-20-14-19-37(31-38)33-15-6-3-7-16-33/h3-32H,2H2,1H3. The van der Waals surface area contributed by atoms with Gasteiger partial charge in [-0.3, -0.25) is 4.57 Å². The van der Waals surface area contributed by atoms with Gasteiger partial charge in [-0.25, -0.2) is 19.9 Å². The zero-order chi connectivity index (χ0) is 36.7. The third-order valence-corrected chi connectivity index (χ3v) is 10.4. The van der Waals surface area contributed by atoms with Crippen LogP contribution in [0.4, 0.5) is 0 Å². The third-order valence-electron chi connectivity index (χ3n) is 10.4. The van der Waals surface area contributed by atoms with E-state index in [9.17, 15) is 0 Å². The van der Waals surface area contributed by atoms with Crippen LogP contribution < -0.4 is 0 Å². The Kier molecular flexibility index (Phi) is 8.03. The first-order valence-electron chi connectivity index (χ1n) is 18.7. The average Bonchev–Trinajstić information content (AvgIpc) is 3.66. The number of fused-ring (bicyclic) bond motifs is 5. The van der Waals surface area contributed by atoms with E-state index in [0.29, 0.717) is 5.82 Å². The number of hydrogen-bond donors (Lipinski definition) is 0. The number of nitrogens with zero attached hydrogens (tertiary/aromatic N) is 5. The first-order chi connectivity index (χ1) is 27.2. The maximum absolute atomic E-state index is 5.33. The number of rotatable bonds is 7. The van der Waals surface area contributed by atoms with E-state index in [4.69, 9.17) is 19.9 Å². The summed E-state index contributed by atoms with van der Waals surface area (Å²) < 4.78 is 2.28. The minimum absolute atomic E-state index is 0.688. The van der Waals surface area contributed by atoms with Crippen LogP contribution in [-0.4, -0.2) is 24.5 Å². The van der Waals surface area contributed by atoms with E-state index in [2.05, 4.69) is 169 Å². The molecule has 5 nitrogen and oxygen atoms in total. The van der Waals surface area contributed by atoms with Crippen molar-refractivity contribution in [3.63, 3.8) is 0 Å². The van der Waals surface area contributed by atoms with E-state index in [1.165, 1.54) is 5.56 Å². The fraction of sp³-hybridized carbons (Fsp3) is 0.0400. The topological polar surface area (TPSA) is 56.5 Å². The molecule has 0 aliphatic rings. The molecule has 0 spiro atoms. The molecule has 10 aromatic rings. The van der Waals surface area contributed by atoms with Crippen LogP contribution in [-0.2, 0) is 6.42 Å². The molecule has 260 valence electrons. The number of hydrogen-bond acceptors (Lipinski definition) is 4. The fourth-order valence-corrected chi connectivity index (χ4v) is 7.69. The summed E-state index contributed by atoms with van der Waals surface area (Å²) in [7, 11) is 0. The maximum Gasteiger partial charge on any atom is 0.160 e. The van der Waals surface area contributed by atoms with Crippen molar-refractivity contribution in [2.45, 2.75) is 13.3 Å². The van der Waals surface area contributed by atoms with Crippen molar-refractivity contribution in [2.75, 3.05) is 0 Å². The summed E-state index contributed by atoms with van der Waals surface area (Å²) in [6.07, 6.45) is 0.804. The number of pyridine rings is 1. The van der Waals surface area contributed by atoms with Crippen molar-refractivity contribution in [3.8, 4) is 62.0 Å². The molecule has 0 unspecified atom stereocenters. The van der Waals surface area contributed by atoms with Gasteiger partial charge in [-0.05, 0) is 52.9 Å². The number of aryl methyl sites for hydroxylation is 1. The first-order valence-corrected chi connectivity index (χ1v) is 18.7. The van der Waals surface area contributed by atoms with Gasteiger partial charge < -0.3 is 0 Å². The van der Waals surface area contributed by atoms with Crippen molar-refractivity contribution < 1.29 is 0 Å². The summed E-state index contributed by atoms with van der Waals surface area (Å²) >= 11 is 0. The molecule has 0 saturated carbocycles. The molecule has 3 aromatic heterocycles. The molecule has 0 amide bonds. The van der Waals surface area contributed by atoms with Gasteiger partial charge in [-0.1, -0.05) is 153 Å². The number of imidazole rings is 1. The summed E-state index contributed by atoms with van der Waals surface area (Å²) in [6.45, 7) is 2.16. The van der Waals surface area contributed by atoms with Gasteiger partial charge in [-0.2, -0.15) is 0 Å². The number of para-hydroxylation sites is 2. The normalized spacial score (nSPS) is 11.4. The van der Waals surface area contributed by atoms with Gasteiger partial charge in [0.15, 0.2) is 5.82 Å². The second-order valence-electron chi connectivity index (χ2n) is 13.7. The Hall–Kier alpha value is -7.24. The van der Waals surface area contributed by atoms with Gasteiger partial charge in [0, 0.05) is 45.1 Å². The smallest absolute Gasteiger partial charge is 0.160 e. The highest BCUT2D eigenvalue weighted by molar-refractivity contribution is 6.20. The van der Waals surface area contributed by atoms with Gasteiger partial charge in [0.1, 0.15) is 5.82 Å². The molecule has 0 atom stereocenters. The lowest BCUT2D eigenvalue weighted by atomic mass is 9.97. The Labute approximate surface area is 319 Å². The van der Waals surface area contributed by atoms with Crippen molar-refractivity contribution in [1.29, 1.82) is 0 Å². The van der Waals surface area contributed by atoms with Gasteiger partial charge in [0.2, 0.25) is 0 Å². The van der Waals surface area contributed by atoms with Gasteiger partial charge in [0.05, 0.1) is 33.6 Å². The predicted octanol–water partition coefficient (Wildman–Crippen LogP) is 12.4. The molecule has 0 aliphatic heterocycles. The molecule has 7 aromatic carbocycles. The van der Waals surface area contributed by atoms with Crippen molar-refractivity contribution in [2.24, 2.45) is 0 Å². The third kappa shape index (κ3) is 5.83. The van der Waals surface area contributed by atoms with Gasteiger partial charge in [-0.15, -0.1) is 0 Å². The first kappa shape index (κ1) is 32.4. The van der Waals surface area contributed by atoms with E-state index in [1.807, 2.05) is 24.3 Å². The van der Waals surface area contributed by atoms with Gasteiger partial charge >= 0.3 is 0 Å². The highest BCUT2D eigenvalue weighted by Gasteiger charge is 2.20. The number of aromatic nitrogens is 5. The van der Waals surface area contributed by atoms with E-state index in [0.717, 1.165) is 95.5 Å². The van der Waals surface area contributed by atoms with Crippen molar-refractivity contribution >= 4 is 32.7 Å². The van der Waals surface area contributed by atoms with Crippen LogP contribution in [0.15, 0.2) is 182 Å². The molecule has 0 radical (unpaired) electrons. The summed E-state index contributed by atoms with van der Waals surface area (Å²) in [5, 5.41) is 3.32. The largest absolute Gasteiger partial charge is 0.296 e. The van der Waals surface area contributed by atoms with Crippen LogP contribution >= 0.6 is 0 Å². The predicted molar refractivity (Wildman–Crippen MR) is 226 cm³/mol. The molecule has 0 fully saturated rings. The summed E-state index contributed by atoms with van der Waals surface area (Å²) in [5.74, 6) is 1.71. The van der Waals surface area contributed by atoms with Crippen molar-refractivity contribution in [3.05, 3.63) is 188 Å². The minimum Gasteiger partial charge on any atom is -0.296 e. The quantitative estimate of drug-likeness (QED) is 0.155. The maximum atomic E-state index is 5.33. The van der Waals surface area contributed by atoms with Crippen LogP contribution in [0, 0.1) is 0 Å². The Morgan fingerprint density at radius 1 is 0.436 bits per heavy atom. The Morgan fingerprint density at radius 3 is 1.80 bits per heavy atom. The van der Waals surface area contributed by atoms with E-state index in [-0.39, 0.29) is 0 Å². The summed E-state index contributed by atoms with van der Waals surface area (Å²) in [6, 6.07) is 63.3. The molecule has 0 saturated heterocycles. The molecular weight excluding hydrogens is 671 g/mol. The molecule has 0 N–H and O–H groups in total. The lowest BCUT2D eigenvalue weighted by molar-refractivity contribution is 0.908. The summed E-state index contributed by atoms with van der Waals surface area (Å²) in [4.78, 5) is 20.9. The zero-order valence-corrected chi connectivity index (χ0v) is 30.3. The molecular formula is C50H35N5. The molecule has 3 heterocycles. The van der Waals surface area contributed by atoms with Crippen LogP contribution in [0.5, 0.6) is 0 Å². The highest BCUT2D eigenvalue weighted by Crippen LogP contribution is 2.39. The SMILES string of the molecule is CCc1nc2c3c(-c4ccc(-c5cc(-c6cccc(-c7ccccc7)c6)nc(-c6ccccc6)n5)cc4)nc4ccccc4c3ccc2n1-c1ccccc1. The van der Waals surface area contributed by atoms with Crippen LogP contribution in [0.3, 0.4) is 0 Å². The van der Waals surface area contributed by atoms with E-state index < -0.39 is 0 Å². The Balaban J connectivity index is 1.13. The number of benzene rings is 7. The van der Waals surface area contributed by atoms with E-state index in [1.54, 1.807) is 0 Å². The minimum atomic E-state index is 0.688. The van der Waals surface area contributed by atoms with Crippen LogP contribution in [0.25, 0.3) is 94.7 Å². The second kappa shape index (κ2) is 13.6. The molecule has 10 rings (SSSR count). The van der Waals surface area contributed by atoms with E-state index >= 15 is 0 Å². The molecule has 5 heteroatoms. The fourth-order valence-electron chi connectivity index (χ4n) is 7.69. The monoisotopic (exact) mass is 705 g/mol. The Bertz CT molecular complexity index is 2990. The zero-order valence-electron chi connectivity index (χ0n) is 30.3. The van der Waals surface area contributed by atoms with Crippen molar-refractivity contribution in [1.82, 2.24) is 24.5 Å². The average molecular weight is 706 g/mol. The van der Waals surface area contributed by atoms with Crippen LogP contribution in [0.2, 0.25) is 0 Å². The Morgan fingerprint density at radius 2 is 1.05 bits per heavy atom. The van der Waals surface area contributed by atoms with Gasteiger partial charge in [0.25, 0.3) is 0 Å². The lowest BCUT2D eigenvalue weighted by Gasteiger charge is -2.13. The summed E-state index contributed by atoms with van der Waals surface area (Å²) in [5.41, 5.74) is 13.1. The molecule has 0 bridgehead atoms. The molecule has 0 aliphatic carbocycles. The second-order valence-corrected chi connectivity index (χ2v) is 13.7.